The van der Waals surface area contributed by atoms with Crippen LogP contribution in [0, 0.1) is 17.7 Å². The van der Waals surface area contributed by atoms with Crippen molar-refractivity contribution in [1.82, 2.24) is 9.78 Å². The maximum absolute atomic E-state index is 15.5. The van der Waals surface area contributed by atoms with E-state index in [1.54, 1.807) is 12.1 Å². The first-order valence-electron chi connectivity index (χ1n) is 12.7. The van der Waals surface area contributed by atoms with Crippen molar-refractivity contribution in [1.29, 1.82) is 0 Å². The molecule has 1 aliphatic carbocycles. The molecular formula is C29H35FN2O4. The highest BCUT2D eigenvalue weighted by Gasteiger charge is 2.28. The molecule has 2 aromatic carbocycles. The van der Waals surface area contributed by atoms with E-state index in [2.05, 4.69) is 30.7 Å². The van der Waals surface area contributed by atoms with E-state index in [4.69, 9.17) is 19.7 Å². The molecule has 0 radical (unpaired) electrons. The van der Waals surface area contributed by atoms with Crippen molar-refractivity contribution in [3.63, 3.8) is 0 Å². The van der Waals surface area contributed by atoms with Crippen molar-refractivity contribution in [3.8, 4) is 28.1 Å². The van der Waals surface area contributed by atoms with Gasteiger partial charge in [0.2, 0.25) is 0 Å². The lowest BCUT2D eigenvalue weighted by atomic mass is 9.82. The molecule has 1 fully saturated rings. The third-order valence-electron chi connectivity index (χ3n) is 7.00. The summed E-state index contributed by atoms with van der Waals surface area (Å²) in [5.41, 5.74) is 4.13. The van der Waals surface area contributed by atoms with Gasteiger partial charge in [-0.3, -0.25) is 4.68 Å². The molecule has 192 valence electrons. The average Bonchev–Trinajstić information content (AvgIpc) is 3.24. The molecular weight excluding hydrogens is 459 g/mol. The van der Waals surface area contributed by atoms with E-state index in [-0.39, 0.29) is 24.1 Å². The predicted molar refractivity (Wildman–Crippen MR) is 138 cm³/mol. The predicted octanol–water partition coefficient (Wildman–Crippen LogP) is 6.40. The molecule has 1 N–H and O–H groups in total. The fourth-order valence-corrected chi connectivity index (χ4v) is 5.17. The summed E-state index contributed by atoms with van der Waals surface area (Å²) in [6, 6.07) is 15.3. The largest absolute Gasteiger partial charge is 0.494 e. The van der Waals surface area contributed by atoms with Crippen LogP contribution in [0.2, 0.25) is 0 Å². The van der Waals surface area contributed by atoms with Crippen LogP contribution in [0.25, 0.3) is 22.4 Å². The number of methoxy groups -OCH3 is 1. The molecule has 0 unspecified atom stereocenters. The molecule has 3 aromatic rings. The van der Waals surface area contributed by atoms with Crippen molar-refractivity contribution in [2.24, 2.45) is 11.8 Å². The number of benzene rings is 2. The third-order valence-corrected chi connectivity index (χ3v) is 7.00. The zero-order valence-electron chi connectivity index (χ0n) is 21.2. The van der Waals surface area contributed by atoms with E-state index in [9.17, 15) is 4.79 Å². The quantitative estimate of drug-likeness (QED) is 0.353. The van der Waals surface area contributed by atoms with Crippen LogP contribution in [0.4, 0.5) is 4.39 Å². The van der Waals surface area contributed by atoms with Crippen LogP contribution >= 0.6 is 0 Å². The molecule has 0 spiro atoms. The molecule has 1 aromatic heterocycles. The van der Waals surface area contributed by atoms with Gasteiger partial charge in [-0.15, -0.1) is 0 Å². The first-order valence-corrected chi connectivity index (χ1v) is 12.7. The SMILES string of the molecule is COc1cccc(-c2c(C(C)C)nn(C[C@H]3CC[C@H](COCC(=O)O)CC3)c2-c2ccccc2)c1F. The van der Waals surface area contributed by atoms with Gasteiger partial charge in [0, 0.05) is 23.2 Å². The van der Waals surface area contributed by atoms with Gasteiger partial charge in [-0.1, -0.05) is 56.3 Å². The highest BCUT2D eigenvalue weighted by Crippen LogP contribution is 2.42. The third kappa shape index (κ3) is 5.78. The van der Waals surface area contributed by atoms with Gasteiger partial charge >= 0.3 is 5.97 Å². The standard InChI is InChI=1S/C29H35FN2O4/c1-19(2)28-26(23-10-7-11-24(35-3)27(23)30)29(22-8-5-4-6-9-22)32(31-28)16-20-12-14-21(15-13-20)17-36-18-25(33)34/h4-11,19-21H,12-18H2,1-3H3,(H,33,34)/t20-,21-. The zero-order chi connectivity index (χ0) is 25.7. The number of aromatic nitrogens is 2. The van der Waals surface area contributed by atoms with Crippen LogP contribution in [0.5, 0.6) is 5.75 Å². The molecule has 0 atom stereocenters. The van der Waals surface area contributed by atoms with E-state index in [0.29, 0.717) is 24.0 Å². The summed E-state index contributed by atoms with van der Waals surface area (Å²) in [4.78, 5) is 10.7. The van der Waals surface area contributed by atoms with E-state index >= 15 is 4.39 Å². The molecule has 0 saturated heterocycles. The molecule has 0 amide bonds. The topological polar surface area (TPSA) is 73.6 Å². The summed E-state index contributed by atoms with van der Waals surface area (Å²) >= 11 is 0. The number of halogens is 1. The summed E-state index contributed by atoms with van der Waals surface area (Å²) < 4.78 is 28.2. The Kier molecular flexibility index (Phi) is 8.41. The van der Waals surface area contributed by atoms with Crippen LogP contribution in [0.1, 0.15) is 51.1 Å². The maximum Gasteiger partial charge on any atom is 0.329 e. The smallest absolute Gasteiger partial charge is 0.329 e. The van der Waals surface area contributed by atoms with Crippen molar-refractivity contribution in [2.75, 3.05) is 20.3 Å². The Balaban J connectivity index is 1.67. The second kappa shape index (κ2) is 11.7. The first-order chi connectivity index (χ1) is 17.4. The Labute approximate surface area is 212 Å². The van der Waals surface area contributed by atoms with Crippen molar-refractivity contribution >= 4 is 5.97 Å². The minimum absolute atomic E-state index is 0.108. The van der Waals surface area contributed by atoms with Crippen LogP contribution in [-0.4, -0.2) is 41.2 Å². The average molecular weight is 495 g/mol. The fourth-order valence-electron chi connectivity index (χ4n) is 5.17. The van der Waals surface area contributed by atoms with Crippen molar-refractivity contribution in [3.05, 3.63) is 60.0 Å². The molecule has 1 aliphatic rings. The van der Waals surface area contributed by atoms with E-state index < -0.39 is 5.97 Å². The van der Waals surface area contributed by atoms with E-state index in [0.717, 1.165) is 54.7 Å². The van der Waals surface area contributed by atoms with E-state index in [1.807, 2.05) is 24.3 Å². The number of ether oxygens (including phenoxy) is 2. The van der Waals surface area contributed by atoms with E-state index in [1.165, 1.54) is 7.11 Å². The van der Waals surface area contributed by atoms with Gasteiger partial charge in [-0.25, -0.2) is 9.18 Å². The minimum Gasteiger partial charge on any atom is -0.494 e. The highest BCUT2D eigenvalue weighted by atomic mass is 19.1. The number of carbonyl (C=O) groups is 1. The fraction of sp³-hybridized carbons (Fsp3) is 0.448. The summed E-state index contributed by atoms with van der Waals surface area (Å²) in [6.45, 7) is 5.18. The Bertz CT molecular complexity index is 1170. The summed E-state index contributed by atoms with van der Waals surface area (Å²) in [5.74, 6) is -0.153. The molecule has 1 heterocycles. The first kappa shape index (κ1) is 25.9. The summed E-state index contributed by atoms with van der Waals surface area (Å²) in [7, 11) is 1.48. The molecule has 36 heavy (non-hydrogen) atoms. The van der Waals surface area contributed by atoms with Crippen molar-refractivity contribution < 1.29 is 23.8 Å². The van der Waals surface area contributed by atoms with Gasteiger partial charge in [0.15, 0.2) is 11.6 Å². The van der Waals surface area contributed by atoms with Crippen LogP contribution in [-0.2, 0) is 16.1 Å². The molecule has 0 aliphatic heterocycles. The lowest BCUT2D eigenvalue weighted by Crippen LogP contribution is -2.23. The molecule has 0 bridgehead atoms. The van der Waals surface area contributed by atoms with Gasteiger partial charge in [-0.2, -0.15) is 5.10 Å². The number of hydrogen-bond acceptors (Lipinski definition) is 4. The number of carboxylic acid groups (broad SMARTS) is 1. The monoisotopic (exact) mass is 494 g/mol. The highest BCUT2D eigenvalue weighted by molar-refractivity contribution is 5.84. The molecule has 7 heteroatoms. The Hall–Kier alpha value is -3.19. The van der Waals surface area contributed by atoms with Gasteiger partial charge < -0.3 is 14.6 Å². The van der Waals surface area contributed by atoms with Crippen LogP contribution < -0.4 is 4.74 Å². The maximum atomic E-state index is 15.5. The molecule has 6 nitrogen and oxygen atoms in total. The normalized spacial score (nSPS) is 17.9. The van der Waals surface area contributed by atoms with Gasteiger partial charge in [-0.05, 0) is 49.5 Å². The second-order valence-corrected chi connectivity index (χ2v) is 9.93. The molecule has 1 saturated carbocycles. The lowest BCUT2D eigenvalue weighted by Gasteiger charge is -2.28. The van der Waals surface area contributed by atoms with Crippen LogP contribution in [0.15, 0.2) is 48.5 Å². The minimum atomic E-state index is -0.931. The Morgan fingerprint density at radius 1 is 1.08 bits per heavy atom. The molecule has 4 rings (SSSR count). The number of aliphatic carboxylic acids is 1. The Morgan fingerprint density at radius 3 is 2.42 bits per heavy atom. The number of rotatable bonds is 10. The van der Waals surface area contributed by atoms with Crippen LogP contribution in [0.3, 0.4) is 0 Å². The van der Waals surface area contributed by atoms with Gasteiger partial charge in [0.1, 0.15) is 6.61 Å². The van der Waals surface area contributed by atoms with Crippen molar-refractivity contribution in [2.45, 2.75) is 52.0 Å². The summed E-state index contributed by atoms with van der Waals surface area (Å²) in [6.07, 6.45) is 4.05. The summed E-state index contributed by atoms with van der Waals surface area (Å²) in [5, 5.41) is 13.9. The number of hydrogen-bond donors (Lipinski definition) is 1. The lowest BCUT2D eigenvalue weighted by molar-refractivity contribution is -0.142. The second-order valence-electron chi connectivity index (χ2n) is 9.93. The van der Waals surface area contributed by atoms with Gasteiger partial charge in [0.05, 0.1) is 25.1 Å². The number of carboxylic acids is 1. The zero-order valence-corrected chi connectivity index (χ0v) is 21.2. The van der Waals surface area contributed by atoms with Gasteiger partial charge in [0.25, 0.3) is 0 Å². The Morgan fingerprint density at radius 2 is 1.78 bits per heavy atom. The number of nitrogens with zero attached hydrogens (tertiary/aromatic N) is 2.